The molecular formula is C17H17Cl2NO. The van der Waals surface area contributed by atoms with Crippen LogP contribution in [0.1, 0.15) is 20.3 Å². The highest BCUT2D eigenvalue weighted by atomic mass is 35.5. The maximum absolute atomic E-state index is 12.9. The van der Waals surface area contributed by atoms with Gasteiger partial charge in [-0.05, 0) is 31.7 Å². The lowest BCUT2D eigenvalue weighted by atomic mass is 10.0. The second-order valence-electron chi connectivity index (χ2n) is 5.76. The van der Waals surface area contributed by atoms with Crippen LogP contribution < -0.4 is 4.90 Å². The molecule has 2 aromatic carbocycles. The van der Waals surface area contributed by atoms with E-state index in [0.29, 0.717) is 13.0 Å². The molecule has 0 radical (unpaired) electrons. The minimum Gasteiger partial charge on any atom is -0.312 e. The molecule has 110 valence electrons. The lowest BCUT2D eigenvalue weighted by molar-refractivity contribution is -0.123. The third-order valence-corrected chi connectivity index (χ3v) is 5.45. The summed E-state index contributed by atoms with van der Waals surface area (Å²) in [6.45, 7) is 4.39. The summed E-state index contributed by atoms with van der Waals surface area (Å²) in [5, 5.41) is 2.18. The summed E-state index contributed by atoms with van der Waals surface area (Å²) in [5.74, 6) is -0.00801. The van der Waals surface area contributed by atoms with E-state index in [1.54, 1.807) is 4.90 Å². The molecule has 2 aromatic rings. The largest absolute Gasteiger partial charge is 0.312 e. The third kappa shape index (κ3) is 2.21. The Labute approximate surface area is 134 Å². The zero-order valence-corrected chi connectivity index (χ0v) is 13.6. The van der Waals surface area contributed by atoms with Crippen molar-refractivity contribution in [2.75, 3.05) is 11.4 Å². The van der Waals surface area contributed by atoms with Crippen molar-refractivity contribution in [2.24, 2.45) is 5.41 Å². The monoisotopic (exact) mass is 321 g/mol. The molecule has 4 heteroatoms. The van der Waals surface area contributed by atoms with Gasteiger partial charge in [-0.25, -0.2) is 0 Å². The highest BCUT2D eigenvalue weighted by Crippen LogP contribution is 2.64. The van der Waals surface area contributed by atoms with Crippen LogP contribution in [0.4, 0.5) is 5.69 Å². The highest BCUT2D eigenvalue weighted by molar-refractivity contribution is 6.53. The number of benzene rings is 2. The predicted octanol–water partition coefficient (Wildman–Crippen LogP) is 4.78. The van der Waals surface area contributed by atoms with Crippen molar-refractivity contribution < 1.29 is 4.79 Å². The quantitative estimate of drug-likeness (QED) is 0.745. The van der Waals surface area contributed by atoms with Gasteiger partial charge in [0.05, 0.1) is 11.1 Å². The number of hydrogen-bond donors (Lipinski definition) is 0. The normalized spacial score (nSPS) is 23.0. The zero-order chi connectivity index (χ0) is 15.3. The average Bonchev–Trinajstić information content (AvgIpc) is 3.00. The molecule has 1 unspecified atom stereocenters. The molecule has 1 aliphatic carbocycles. The summed E-state index contributed by atoms with van der Waals surface area (Å²) in [5.41, 5.74) is 0.223. The number of fused-ring (bicyclic) bond motifs is 1. The fourth-order valence-electron chi connectivity index (χ4n) is 2.80. The molecule has 1 fully saturated rings. The molecule has 0 bridgehead atoms. The molecule has 2 nitrogen and oxygen atoms in total. The number of carbonyl (C=O) groups is 1. The van der Waals surface area contributed by atoms with E-state index in [1.807, 2.05) is 56.3 Å². The van der Waals surface area contributed by atoms with Crippen LogP contribution in [0.2, 0.25) is 0 Å². The molecule has 21 heavy (non-hydrogen) atoms. The number of hydrogen-bond acceptors (Lipinski definition) is 1. The topological polar surface area (TPSA) is 20.3 Å². The molecule has 1 amide bonds. The fraction of sp³-hybridized carbons (Fsp3) is 0.353. The Morgan fingerprint density at radius 1 is 1.19 bits per heavy atom. The van der Waals surface area contributed by atoms with Crippen LogP contribution in [0, 0.1) is 5.41 Å². The van der Waals surface area contributed by atoms with E-state index >= 15 is 0 Å². The SMILES string of the molecule is CCN(C(=O)C1(C)CC1(Cl)Cl)c1cccc2ccccc12. The van der Waals surface area contributed by atoms with Gasteiger partial charge in [-0.2, -0.15) is 0 Å². The molecule has 0 spiro atoms. The lowest BCUT2D eigenvalue weighted by Crippen LogP contribution is -2.38. The van der Waals surface area contributed by atoms with Gasteiger partial charge in [0.25, 0.3) is 0 Å². The van der Waals surface area contributed by atoms with Crippen LogP contribution in [0.25, 0.3) is 10.8 Å². The third-order valence-electron chi connectivity index (χ3n) is 4.35. The van der Waals surface area contributed by atoms with Crippen LogP contribution in [-0.4, -0.2) is 16.8 Å². The summed E-state index contributed by atoms with van der Waals surface area (Å²) >= 11 is 12.3. The number of nitrogens with zero attached hydrogens (tertiary/aromatic N) is 1. The minimum absolute atomic E-state index is 0.00801. The van der Waals surface area contributed by atoms with Crippen molar-refractivity contribution in [3.63, 3.8) is 0 Å². The van der Waals surface area contributed by atoms with Crippen molar-refractivity contribution in [1.29, 1.82) is 0 Å². The predicted molar refractivity (Wildman–Crippen MR) is 89.1 cm³/mol. The Morgan fingerprint density at radius 3 is 2.43 bits per heavy atom. The Kier molecular flexibility index (Phi) is 3.42. The second kappa shape index (κ2) is 4.89. The van der Waals surface area contributed by atoms with E-state index in [-0.39, 0.29) is 5.91 Å². The van der Waals surface area contributed by atoms with Crippen molar-refractivity contribution in [3.8, 4) is 0 Å². The van der Waals surface area contributed by atoms with Gasteiger partial charge in [-0.3, -0.25) is 4.79 Å². The van der Waals surface area contributed by atoms with Gasteiger partial charge in [0.1, 0.15) is 4.33 Å². The maximum Gasteiger partial charge on any atom is 0.236 e. The molecule has 1 saturated carbocycles. The van der Waals surface area contributed by atoms with Gasteiger partial charge in [0.2, 0.25) is 5.91 Å². The first kappa shape index (κ1) is 14.7. The zero-order valence-electron chi connectivity index (χ0n) is 12.1. The molecule has 0 aliphatic heterocycles. The number of halogens is 2. The molecule has 1 atom stereocenters. The van der Waals surface area contributed by atoms with Gasteiger partial charge in [-0.15, -0.1) is 23.2 Å². The Morgan fingerprint density at radius 2 is 1.81 bits per heavy atom. The van der Waals surface area contributed by atoms with E-state index in [4.69, 9.17) is 23.2 Å². The van der Waals surface area contributed by atoms with E-state index in [0.717, 1.165) is 16.5 Å². The minimum atomic E-state index is -0.942. The number of alkyl halides is 2. The van der Waals surface area contributed by atoms with Crippen LogP contribution in [-0.2, 0) is 4.79 Å². The first-order valence-corrected chi connectivity index (χ1v) is 7.84. The van der Waals surface area contributed by atoms with Crippen LogP contribution >= 0.6 is 23.2 Å². The first-order chi connectivity index (χ1) is 9.90. The second-order valence-corrected chi connectivity index (χ2v) is 7.24. The van der Waals surface area contributed by atoms with Crippen molar-refractivity contribution in [2.45, 2.75) is 24.6 Å². The summed E-state index contributed by atoms with van der Waals surface area (Å²) in [6, 6.07) is 14.0. The van der Waals surface area contributed by atoms with Crippen molar-refractivity contribution >= 4 is 45.6 Å². The number of carbonyl (C=O) groups excluding carboxylic acids is 1. The molecule has 0 N–H and O–H groups in total. The Balaban J connectivity index is 2.06. The molecular weight excluding hydrogens is 305 g/mol. The Hall–Kier alpha value is -1.25. The smallest absolute Gasteiger partial charge is 0.236 e. The first-order valence-electron chi connectivity index (χ1n) is 7.08. The van der Waals surface area contributed by atoms with Gasteiger partial charge in [-0.1, -0.05) is 36.4 Å². The van der Waals surface area contributed by atoms with Gasteiger partial charge in [0, 0.05) is 11.9 Å². The Bertz CT molecular complexity index is 708. The summed E-state index contributed by atoms with van der Waals surface area (Å²) in [4.78, 5) is 14.7. The fourth-order valence-corrected chi connectivity index (χ4v) is 3.49. The standard InChI is InChI=1S/C17H17Cl2NO/c1-3-20(15(21)16(2)11-17(16,18)19)14-10-6-8-12-7-4-5-9-13(12)14/h4-10H,3,11H2,1-2H3. The molecule has 0 aromatic heterocycles. The van der Waals surface area contributed by atoms with Crippen molar-refractivity contribution in [3.05, 3.63) is 42.5 Å². The van der Waals surface area contributed by atoms with E-state index in [9.17, 15) is 4.79 Å². The van der Waals surface area contributed by atoms with E-state index in [2.05, 4.69) is 0 Å². The molecule has 0 saturated heterocycles. The summed E-state index contributed by atoms with van der Waals surface area (Å²) < 4.78 is -0.942. The van der Waals surface area contributed by atoms with E-state index in [1.165, 1.54) is 0 Å². The maximum atomic E-state index is 12.9. The summed E-state index contributed by atoms with van der Waals surface area (Å²) in [7, 11) is 0. The van der Waals surface area contributed by atoms with Crippen LogP contribution in [0.5, 0.6) is 0 Å². The molecule has 3 rings (SSSR count). The van der Waals surface area contributed by atoms with Gasteiger partial charge in [0.15, 0.2) is 0 Å². The van der Waals surface area contributed by atoms with E-state index < -0.39 is 9.75 Å². The highest BCUT2D eigenvalue weighted by Gasteiger charge is 2.68. The van der Waals surface area contributed by atoms with Crippen LogP contribution in [0.15, 0.2) is 42.5 Å². The molecule has 0 heterocycles. The number of anilines is 1. The number of rotatable bonds is 3. The van der Waals surface area contributed by atoms with Gasteiger partial charge < -0.3 is 4.90 Å². The van der Waals surface area contributed by atoms with Crippen LogP contribution in [0.3, 0.4) is 0 Å². The summed E-state index contributed by atoms with van der Waals surface area (Å²) in [6.07, 6.45) is 0.503. The number of amides is 1. The lowest BCUT2D eigenvalue weighted by Gasteiger charge is -2.26. The van der Waals surface area contributed by atoms with Gasteiger partial charge >= 0.3 is 0 Å². The molecule has 1 aliphatic rings. The van der Waals surface area contributed by atoms with Crippen molar-refractivity contribution in [1.82, 2.24) is 0 Å². The average molecular weight is 322 g/mol.